The summed E-state index contributed by atoms with van der Waals surface area (Å²) in [5.41, 5.74) is 0. The molecule has 0 aromatic rings. The fourth-order valence-electron chi connectivity index (χ4n) is 4.34. The molecule has 0 saturated carbocycles. The van der Waals surface area contributed by atoms with E-state index in [2.05, 4.69) is 22.6 Å². The molecule has 114 valence electrons. The molecule has 3 fully saturated rings. The van der Waals surface area contributed by atoms with E-state index in [0.29, 0.717) is 30.6 Å². The minimum atomic E-state index is 0.261. The van der Waals surface area contributed by atoms with E-state index >= 15 is 0 Å². The van der Waals surface area contributed by atoms with E-state index in [1.54, 1.807) is 0 Å². The summed E-state index contributed by atoms with van der Waals surface area (Å²) in [5.74, 6) is 0.261. The average molecular weight is 279 g/mol. The van der Waals surface area contributed by atoms with E-state index in [-0.39, 0.29) is 5.91 Å². The molecular weight excluding hydrogens is 250 g/mol. The van der Waals surface area contributed by atoms with Gasteiger partial charge in [0.2, 0.25) is 5.91 Å². The number of hydrogen-bond donors (Lipinski definition) is 2. The molecule has 4 heteroatoms. The van der Waals surface area contributed by atoms with Crippen LogP contribution in [-0.4, -0.2) is 48.6 Å². The zero-order chi connectivity index (χ0) is 13.9. The Bertz CT molecular complexity index is 327. The molecule has 3 atom stereocenters. The number of carbonyl (C=O) groups is 1. The van der Waals surface area contributed by atoms with Gasteiger partial charge < -0.3 is 15.5 Å². The van der Waals surface area contributed by atoms with Gasteiger partial charge in [-0.3, -0.25) is 4.79 Å². The predicted octanol–water partition coefficient (Wildman–Crippen LogP) is 1.65. The van der Waals surface area contributed by atoms with Gasteiger partial charge in [-0.25, -0.2) is 0 Å². The van der Waals surface area contributed by atoms with Crippen molar-refractivity contribution >= 4 is 5.91 Å². The van der Waals surface area contributed by atoms with E-state index in [1.807, 2.05) is 0 Å². The highest BCUT2D eigenvalue weighted by Gasteiger charge is 2.36. The Hall–Kier alpha value is -0.610. The highest BCUT2D eigenvalue weighted by atomic mass is 16.1. The lowest BCUT2D eigenvalue weighted by Gasteiger charge is -2.47. The standard InChI is InChI=1S/C16H29N3O/c1-19-14-6-4-7-15(19)10-13(9-14)18-16(20)11-12-5-2-3-8-17-12/h12-15,17H,2-11H2,1H3,(H,18,20). The molecule has 0 aliphatic carbocycles. The second-order valence-electron chi connectivity index (χ2n) is 6.99. The Morgan fingerprint density at radius 2 is 1.90 bits per heavy atom. The lowest BCUT2D eigenvalue weighted by Crippen LogP contribution is -2.55. The lowest BCUT2D eigenvalue weighted by atomic mass is 9.82. The maximum Gasteiger partial charge on any atom is 0.221 e. The van der Waals surface area contributed by atoms with Gasteiger partial charge in [0.15, 0.2) is 0 Å². The molecule has 3 heterocycles. The fourth-order valence-corrected chi connectivity index (χ4v) is 4.34. The third kappa shape index (κ3) is 3.34. The molecule has 0 radical (unpaired) electrons. The van der Waals surface area contributed by atoms with Crippen molar-refractivity contribution in [2.24, 2.45) is 0 Å². The number of rotatable bonds is 3. The van der Waals surface area contributed by atoms with Crippen molar-refractivity contribution in [2.75, 3.05) is 13.6 Å². The van der Waals surface area contributed by atoms with E-state index in [1.165, 1.54) is 32.1 Å². The van der Waals surface area contributed by atoms with E-state index < -0.39 is 0 Å². The van der Waals surface area contributed by atoms with Crippen LogP contribution in [-0.2, 0) is 4.79 Å². The van der Waals surface area contributed by atoms with E-state index in [4.69, 9.17) is 0 Å². The van der Waals surface area contributed by atoms with Crippen molar-refractivity contribution < 1.29 is 4.79 Å². The monoisotopic (exact) mass is 279 g/mol. The SMILES string of the molecule is CN1C2CCCC1CC(NC(=O)CC1CCCCN1)C2. The van der Waals surface area contributed by atoms with Gasteiger partial charge in [-0.05, 0) is 52.1 Å². The molecule has 4 nitrogen and oxygen atoms in total. The summed E-state index contributed by atoms with van der Waals surface area (Å²) in [5, 5.41) is 6.77. The quantitative estimate of drug-likeness (QED) is 0.825. The molecule has 3 unspecified atom stereocenters. The number of nitrogens with one attached hydrogen (secondary N) is 2. The first-order valence-corrected chi connectivity index (χ1v) is 8.47. The number of amides is 1. The maximum atomic E-state index is 12.2. The van der Waals surface area contributed by atoms with Crippen LogP contribution in [0.25, 0.3) is 0 Å². The van der Waals surface area contributed by atoms with Gasteiger partial charge in [-0.2, -0.15) is 0 Å². The van der Waals surface area contributed by atoms with Crippen LogP contribution in [0.1, 0.15) is 57.8 Å². The smallest absolute Gasteiger partial charge is 0.221 e. The second kappa shape index (κ2) is 6.44. The minimum absolute atomic E-state index is 0.261. The number of fused-ring (bicyclic) bond motifs is 2. The van der Waals surface area contributed by atoms with Crippen molar-refractivity contribution in [3.8, 4) is 0 Å². The van der Waals surface area contributed by atoms with Gasteiger partial charge >= 0.3 is 0 Å². The Morgan fingerprint density at radius 3 is 2.55 bits per heavy atom. The Balaban J connectivity index is 1.46. The molecule has 1 amide bonds. The fraction of sp³-hybridized carbons (Fsp3) is 0.938. The summed E-state index contributed by atoms with van der Waals surface area (Å²) in [4.78, 5) is 14.8. The molecule has 0 aromatic heterocycles. The molecule has 0 aromatic carbocycles. The molecular formula is C16H29N3O. The highest BCUT2D eigenvalue weighted by Crippen LogP contribution is 2.32. The summed E-state index contributed by atoms with van der Waals surface area (Å²) in [7, 11) is 2.26. The number of nitrogens with zero attached hydrogens (tertiary/aromatic N) is 1. The molecule has 20 heavy (non-hydrogen) atoms. The third-order valence-electron chi connectivity index (χ3n) is 5.55. The van der Waals surface area contributed by atoms with Crippen LogP contribution in [0.2, 0.25) is 0 Å². The van der Waals surface area contributed by atoms with Gasteiger partial charge in [0.25, 0.3) is 0 Å². The van der Waals surface area contributed by atoms with Crippen LogP contribution in [0.4, 0.5) is 0 Å². The van der Waals surface area contributed by atoms with Crippen LogP contribution in [0.3, 0.4) is 0 Å². The number of hydrogen-bond acceptors (Lipinski definition) is 3. The third-order valence-corrected chi connectivity index (χ3v) is 5.55. The molecule has 3 aliphatic heterocycles. The molecule has 3 rings (SSSR count). The summed E-state index contributed by atoms with van der Waals surface area (Å²) in [6.45, 7) is 1.08. The van der Waals surface area contributed by atoms with E-state index in [0.717, 1.165) is 25.8 Å². The van der Waals surface area contributed by atoms with Crippen molar-refractivity contribution in [1.82, 2.24) is 15.5 Å². The maximum absolute atomic E-state index is 12.2. The van der Waals surface area contributed by atoms with Gasteiger partial charge in [0, 0.05) is 30.6 Å². The predicted molar refractivity (Wildman–Crippen MR) is 80.6 cm³/mol. The first-order valence-electron chi connectivity index (χ1n) is 8.47. The summed E-state index contributed by atoms with van der Waals surface area (Å²) in [6.07, 6.45) is 10.6. The topological polar surface area (TPSA) is 44.4 Å². The average Bonchev–Trinajstić information content (AvgIpc) is 2.41. The Labute approximate surface area is 122 Å². The Kier molecular flexibility index (Phi) is 4.61. The van der Waals surface area contributed by atoms with Crippen LogP contribution < -0.4 is 10.6 Å². The first kappa shape index (κ1) is 14.3. The van der Waals surface area contributed by atoms with Crippen molar-refractivity contribution in [2.45, 2.75) is 82.0 Å². The number of carbonyl (C=O) groups excluding carboxylic acids is 1. The molecule has 0 spiro atoms. The summed E-state index contributed by atoms with van der Waals surface area (Å²) in [6, 6.07) is 2.22. The lowest BCUT2D eigenvalue weighted by molar-refractivity contribution is -0.123. The zero-order valence-corrected chi connectivity index (χ0v) is 12.7. The summed E-state index contributed by atoms with van der Waals surface area (Å²) < 4.78 is 0. The first-order chi connectivity index (χ1) is 9.72. The van der Waals surface area contributed by atoms with Crippen molar-refractivity contribution in [3.63, 3.8) is 0 Å². The second-order valence-corrected chi connectivity index (χ2v) is 6.99. The molecule has 3 aliphatic rings. The molecule has 2 N–H and O–H groups in total. The van der Waals surface area contributed by atoms with Crippen LogP contribution in [0, 0.1) is 0 Å². The largest absolute Gasteiger partial charge is 0.353 e. The minimum Gasteiger partial charge on any atom is -0.353 e. The van der Waals surface area contributed by atoms with Gasteiger partial charge in [0.1, 0.15) is 0 Å². The highest BCUT2D eigenvalue weighted by molar-refractivity contribution is 5.76. The van der Waals surface area contributed by atoms with Crippen LogP contribution in [0.15, 0.2) is 0 Å². The van der Waals surface area contributed by atoms with Gasteiger partial charge in [-0.1, -0.05) is 12.8 Å². The Morgan fingerprint density at radius 1 is 1.15 bits per heavy atom. The molecule has 2 bridgehead atoms. The van der Waals surface area contributed by atoms with E-state index in [9.17, 15) is 4.79 Å². The van der Waals surface area contributed by atoms with Crippen molar-refractivity contribution in [3.05, 3.63) is 0 Å². The van der Waals surface area contributed by atoms with Crippen molar-refractivity contribution in [1.29, 1.82) is 0 Å². The molecule has 3 saturated heterocycles. The normalized spacial score (nSPS) is 38.5. The summed E-state index contributed by atoms with van der Waals surface area (Å²) >= 11 is 0. The van der Waals surface area contributed by atoms with Gasteiger partial charge in [0.05, 0.1) is 0 Å². The van der Waals surface area contributed by atoms with Gasteiger partial charge in [-0.15, -0.1) is 0 Å². The zero-order valence-electron chi connectivity index (χ0n) is 12.7. The number of piperidine rings is 3. The van der Waals surface area contributed by atoms with Crippen LogP contribution in [0.5, 0.6) is 0 Å². The van der Waals surface area contributed by atoms with Crippen LogP contribution >= 0.6 is 0 Å².